The Morgan fingerprint density at radius 2 is 1.83 bits per heavy atom. The van der Waals surface area contributed by atoms with Crippen molar-refractivity contribution < 1.29 is 27.5 Å². The van der Waals surface area contributed by atoms with Crippen molar-refractivity contribution in [3.05, 3.63) is 89.0 Å². The highest BCUT2D eigenvalue weighted by Crippen LogP contribution is 2.30. The lowest BCUT2D eigenvalue weighted by Crippen LogP contribution is -2.38. The molecule has 0 saturated heterocycles. The van der Waals surface area contributed by atoms with Crippen molar-refractivity contribution in [1.82, 2.24) is 15.6 Å². The summed E-state index contributed by atoms with van der Waals surface area (Å²) in [6, 6.07) is 9.48. The van der Waals surface area contributed by atoms with Gasteiger partial charge in [-0.05, 0) is 47.9 Å². The van der Waals surface area contributed by atoms with E-state index in [0.717, 1.165) is 12.1 Å². The van der Waals surface area contributed by atoms with Crippen LogP contribution in [-0.4, -0.2) is 43.6 Å². The van der Waals surface area contributed by atoms with Crippen molar-refractivity contribution in [3.8, 4) is 11.1 Å². The number of hydrogen-bond acceptors (Lipinski definition) is 5. The number of carbonyl (C=O) groups is 2. The fourth-order valence-electron chi connectivity index (χ4n) is 3.62. The Labute approximate surface area is 200 Å². The number of carbonyl (C=O) groups excluding carboxylic acids is 2. The highest BCUT2D eigenvalue weighted by molar-refractivity contribution is 5.94. The molecule has 1 atom stereocenters. The van der Waals surface area contributed by atoms with Crippen molar-refractivity contribution in [2.75, 3.05) is 26.8 Å². The Hall–Kier alpha value is -3.76. The number of nitrogens with one attached hydrogen (secondary N) is 2. The van der Waals surface area contributed by atoms with E-state index < -0.39 is 29.4 Å². The third-order valence-corrected chi connectivity index (χ3v) is 5.18. The maximum Gasteiger partial charge on any atom is 0.251 e. The Morgan fingerprint density at radius 3 is 2.51 bits per heavy atom. The largest absolute Gasteiger partial charge is 0.383 e. The van der Waals surface area contributed by atoms with Gasteiger partial charge in [0.1, 0.15) is 17.5 Å². The Morgan fingerprint density at radius 1 is 1.09 bits per heavy atom. The smallest absolute Gasteiger partial charge is 0.251 e. The molecule has 7 nitrogen and oxygen atoms in total. The van der Waals surface area contributed by atoms with E-state index in [-0.39, 0.29) is 24.4 Å². The van der Waals surface area contributed by atoms with Crippen LogP contribution in [0.1, 0.15) is 27.7 Å². The van der Waals surface area contributed by atoms with Crippen LogP contribution in [0.4, 0.5) is 13.2 Å². The van der Waals surface area contributed by atoms with Crippen molar-refractivity contribution in [2.24, 2.45) is 5.73 Å². The maximum absolute atomic E-state index is 14.0. The molecule has 0 saturated carbocycles. The Kier molecular flexibility index (Phi) is 8.93. The minimum atomic E-state index is -0.933. The SMILES string of the molecule is COCCNCC(=O)N[C@@H](Cc1cc(F)cc(F)c1)c1ncccc1-c1ccc(F)c(C(N)=O)c1. The summed E-state index contributed by atoms with van der Waals surface area (Å²) in [5.74, 6) is -3.59. The van der Waals surface area contributed by atoms with Gasteiger partial charge in [0.05, 0.1) is 30.5 Å². The number of pyridine rings is 1. The minimum Gasteiger partial charge on any atom is -0.383 e. The zero-order chi connectivity index (χ0) is 25.4. The highest BCUT2D eigenvalue weighted by atomic mass is 19.1. The van der Waals surface area contributed by atoms with E-state index in [2.05, 4.69) is 15.6 Å². The van der Waals surface area contributed by atoms with Crippen LogP contribution < -0.4 is 16.4 Å². The molecule has 1 aromatic heterocycles. The molecule has 0 aliphatic rings. The standard InChI is InChI=1S/C25H25F3N4O3/c1-35-8-7-30-14-23(33)32-22(11-15-9-17(26)13-18(27)10-15)24-19(3-2-6-31-24)16-4-5-21(28)20(12-16)25(29)34/h2-6,9-10,12-13,22,30H,7-8,11,14H2,1H3,(H2,29,34)(H,32,33)/t22-/m0/s1. The van der Waals surface area contributed by atoms with Crippen LogP contribution in [0.5, 0.6) is 0 Å². The van der Waals surface area contributed by atoms with Crippen LogP contribution in [-0.2, 0) is 16.0 Å². The molecule has 2 amide bonds. The van der Waals surface area contributed by atoms with Crippen LogP contribution in [0.25, 0.3) is 11.1 Å². The van der Waals surface area contributed by atoms with Gasteiger partial charge in [-0.15, -0.1) is 0 Å². The molecule has 0 aliphatic carbocycles. The van der Waals surface area contributed by atoms with Gasteiger partial charge in [0.25, 0.3) is 5.91 Å². The van der Waals surface area contributed by atoms with E-state index in [1.54, 1.807) is 12.1 Å². The molecule has 0 radical (unpaired) electrons. The van der Waals surface area contributed by atoms with Gasteiger partial charge in [0, 0.05) is 31.5 Å². The van der Waals surface area contributed by atoms with Gasteiger partial charge in [-0.3, -0.25) is 14.6 Å². The molecule has 10 heteroatoms. The first kappa shape index (κ1) is 25.9. The van der Waals surface area contributed by atoms with Crippen LogP contribution in [0, 0.1) is 17.5 Å². The average Bonchev–Trinajstić information content (AvgIpc) is 2.81. The number of hydrogen-bond donors (Lipinski definition) is 3. The third kappa shape index (κ3) is 7.11. The van der Waals surface area contributed by atoms with E-state index in [0.29, 0.717) is 35.5 Å². The summed E-state index contributed by atoms with van der Waals surface area (Å²) in [5.41, 5.74) is 6.58. The molecule has 0 spiro atoms. The highest BCUT2D eigenvalue weighted by Gasteiger charge is 2.22. The van der Waals surface area contributed by atoms with Gasteiger partial charge in [0.15, 0.2) is 0 Å². The summed E-state index contributed by atoms with van der Waals surface area (Å²) >= 11 is 0. The first-order valence-electron chi connectivity index (χ1n) is 10.8. The van der Waals surface area contributed by atoms with Crippen LogP contribution in [0.15, 0.2) is 54.7 Å². The lowest BCUT2D eigenvalue weighted by molar-refractivity contribution is -0.121. The second-order valence-electron chi connectivity index (χ2n) is 7.77. The minimum absolute atomic E-state index is 0.0202. The first-order chi connectivity index (χ1) is 16.8. The maximum atomic E-state index is 14.0. The zero-order valence-electron chi connectivity index (χ0n) is 19.0. The van der Waals surface area contributed by atoms with Crippen LogP contribution in [0.2, 0.25) is 0 Å². The van der Waals surface area contributed by atoms with E-state index >= 15 is 0 Å². The normalized spacial score (nSPS) is 11.8. The third-order valence-electron chi connectivity index (χ3n) is 5.18. The number of aromatic nitrogens is 1. The van der Waals surface area contributed by atoms with E-state index in [1.807, 2.05) is 0 Å². The average molecular weight is 486 g/mol. The topological polar surface area (TPSA) is 106 Å². The molecule has 184 valence electrons. The summed E-state index contributed by atoms with van der Waals surface area (Å²) < 4.78 is 46.7. The number of primary amides is 1. The predicted molar refractivity (Wildman–Crippen MR) is 124 cm³/mol. The molecule has 3 rings (SSSR count). The number of halogens is 3. The second kappa shape index (κ2) is 12.1. The summed E-state index contributed by atoms with van der Waals surface area (Å²) in [6.45, 7) is 0.836. The monoisotopic (exact) mass is 486 g/mol. The summed E-state index contributed by atoms with van der Waals surface area (Å²) in [4.78, 5) is 28.7. The number of nitrogens with zero attached hydrogens (tertiary/aromatic N) is 1. The predicted octanol–water partition coefficient (Wildman–Crippen LogP) is 2.90. The summed E-state index contributed by atoms with van der Waals surface area (Å²) in [6.07, 6.45) is 1.52. The molecule has 2 aromatic carbocycles. The van der Waals surface area contributed by atoms with E-state index in [1.165, 1.54) is 37.6 Å². The lowest BCUT2D eigenvalue weighted by Gasteiger charge is -2.22. The van der Waals surface area contributed by atoms with Crippen molar-refractivity contribution in [3.63, 3.8) is 0 Å². The number of methoxy groups -OCH3 is 1. The molecule has 1 heterocycles. The van der Waals surface area contributed by atoms with Gasteiger partial charge in [-0.1, -0.05) is 12.1 Å². The van der Waals surface area contributed by atoms with Gasteiger partial charge < -0.3 is 21.1 Å². The van der Waals surface area contributed by atoms with Crippen LogP contribution >= 0.6 is 0 Å². The molecule has 0 bridgehead atoms. The molecule has 0 fully saturated rings. The zero-order valence-corrected chi connectivity index (χ0v) is 19.0. The molecule has 3 aromatic rings. The molecular formula is C25H25F3N4O3. The molecule has 0 aliphatic heterocycles. The summed E-state index contributed by atoms with van der Waals surface area (Å²) in [7, 11) is 1.54. The number of ether oxygens (including phenoxy) is 1. The number of amides is 2. The lowest BCUT2D eigenvalue weighted by atomic mass is 9.94. The molecule has 0 unspecified atom stereocenters. The van der Waals surface area contributed by atoms with Gasteiger partial charge in [0.2, 0.25) is 5.91 Å². The van der Waals surface area contributed by atoms with E-state index in [9.17, 15) is 22.8 Å². The number of benzene rings is 2. The molecular weight excluding hydrogens is 461 g/mol. The number of rotatable bonds is 11. The first-order valence-corrected chi connectivity index (χ1v) is 10.8. The van der Waals surface area contributed by atoms with Crippen molar-refractivity contribution in [1.29, 1.82) is 0 Å². The van der Waals surface area contributed by atoms with E-state index in [4.69, 9.17) is 10.5 Å². The van der Waals surface area contributed by atoms with Crippen molar-refractivity contribution >= 4 is 11.8 Å². The molecule has 35 heavy (non-hydrogen) atoms. The van der Waals surface area contributed by atoms with Gasteiger partial charge in [-0.25, -0.2) is 13.2 Å². The van der Waals surface area contributed by atoms with Crippen molar-refractivity contribution in [2.45, 2.75) is 12.5 Å². The second-order valence-corrected chi connectivity index (χ2v) is 7.77. The Balaban J connectivity index is 1.99. The number of nitrogens with two attached hydrogens (primary N) is 1. The van der Waals surface area contributed by atoms with Gasteiger partial charge in [-0.2, -0.15) is 0 Å². The fourth-order valence-corrected chi connectivity index (χ4v) is 3.62. The quantitative estimate of drug-likeness (QED) is 0.362. The Bertz CT molecular complexity index is 1190. The molecule has 4 N–H and O–H groups in total. The fraction of sp³-hybridized carbons (Fsp3) is 0.240. The van der Waals surface area contributed by atoms with Gasteiger partial charge >= 0.3 is 0 Å². The summed E-state index contributed by atoms with van der Waals surface area (Å²) in [5, 5.41) is 5.77. The van der Waals surface area contributed by atoms with Crippen LogP contribution in [0.3, 0.4) is 0 Å².